The number of aryl methyl sites for hydroxylation is 1. The first kappa shape index (κ1) is 14.6. The predicted octanol–water partition coefficient (Wildman–Crippen LogP) is 4.86. The van der Waals surface area contributed by atoms with Crippen molar-refractivity contribution in [2.75, 3.05) is 11.9 Å². The quantitative estimate of drug-likeness (QED) is 0.585. The highest BCUT2D eigenvalue weighted by atomic mass is 35.5. The summed E-state index contributed by atoms with van der Waals surface area (Å²) in [5.41, 5.74) is 3.61. The van der Waals surface area contributed by atoms with Gasteiger partial charge >= 0.3 is 0 Å². The van der Waals surface area contributed by atoms with Crippen molar-refractivity contribution < 1.29 is 4.57 Å². The van der Waals surface area contributed by atoms with E-state index in [-0.39, 0.29) is 0 Å². The molecule has 2 heterocycles. The molecule has 4 rings (SSSR count). The van der Waals surface area contributed by atoms with Crippen molar-refractivity contribution in [2.45, 2.75) is 4.90 Å². The highest BCUT2D eigenvalue weighted by Gasteiger charge is 2.21. The van der Waals surface area contributed by atoms with Crippen LogP contribution in [0.2, 0.25) is 5.02 Å². The van der Waals surface area contributed by atoms with Crippen LogP contribution in [0.15, 0.2) is 64.7 Å². The van der Waals surface area contributed by atoms with Crippen molar-refractivity contribution in [2.24, 2.45) is 7.05 Å². The molecule has 0 atom stereocenters. The zero-order valence-electron chi connectivity index (χ0n) is 13.0. The number of rotatable bonds is 1. The standard InChI is InChI=1S/C19H16ClN2S/c1-21-10-9-13(15-12-14(20)7-8-16(15)21)11-19-22(2)17-5-3-4-6-18(17)23-19/h3-12H,1-2H3/q+1. The largest absolute Gasteiger partial charge is 0.338 e. The maximum atomic E-state index is 6.22. The van der Waals surface area contributed by atoms with Crippen molar-refractivity contribution in [1.29, 1.82) is 0 Å². The molecule has 114 valence electrons. The lowest BCUT2D eigenvalue weighted by atomic mass is 10.1. The fourth-order valence-electron chi connectivity index (χ4n) is 2.91. The first-order valence-electron chi connectivity index (χ1n) is 7.44. The molecule has 0 N–H and O–H groups in total. The summed E-state index contributed by atoms with van der Waals surface area (Å²) in [5.74, 6) is 0. The maximum Gasteiger partial charge on any atom is 0.212 e. The fourth-order valence-corrected chi connectivity index (χ4v) is 4.19. The SMILES string of the molecule is CN1/C(=C/c2cc[n+](C)c3ccc(Cl)cc23)Sc2ccccc21. The van der Waals surface area contributed by atoms with Gasteiger partial charge in [0.25, 0.3) is 0 Å². The van der Waals surface area contributed by atoms with E-state index in [1.807, 2.05) is 12.1 Å². The van der Waals surface area contributed by atoms with E-state index in [0.29, 0.717) is 0 Å². The van der Waals surface area contributed by atoms with Crippen LogP contribution in [0.4, 0.5) is 5.69 Å². The lowest BCUT2D eigenvalue weighted by Crippen LogP contribution is -2.28. The number of nitrogens with zero attached hydrogens (tertiary/aromatic N) is 2. The summed E-state index contributed by atoms with van der Waals surface area (Å²) in [6.45, 7) is 0. The van der Waals surface area contributed by atoms with Gasteiger partial charge < -0.3 is 4.90 Å². The molecule has 0 saturated heterocycles. The van der Waals surface area contributed by atoms with Crippen LogP contribution in [0.5, 0.6) is 0 Å². The van der Waals surface area contributed by atoms with Gasteiger partial charge in [0, 0.05) is 29.1 Å². The predicted molar refractivity (Wildman–Crippen MR) is 98.8 cm³/mol. The summed E-state index contributed by atoms with van der Waals surface area (Å²) in [4.78, 5) is 3.54. The first-order chi connectivity index (χ1) is 11.1. The monoisotopic (exact) mass is 339 g/mol. The molecule has 0 amide bonds. The maximum absolute atomic E-state index is 6.22. The smallest absolute Gasteiger partial charge is 0.212 e. The molecule has 4 heteroatoms. The summed E-state index contributed by atoms with van der Waals surface area (Å²) in [7, 11) is 4.17. The average Bonchev–Trinajstić information content (AvgIpc) is 2.87. The molecule has 23 heavy (non-hydrogen) atoms. The molecule has 0 spiro atoms. The molecular weight excluding hydrogens is 324 g/mol. The van der Waals surface area contributed by atoms with Gasteiger partial charge in [-0.2, -0.15) is 0 Å². The Morgan fingerprint density at radius 1 is 1.13 bits per heavy atom. The van der Waals surface area contributed by atoms with Gasteiger partial charge in [0.05, 0.1) is 16.1 Å². The molecule has 3 aromatic rings. The van der Waals surface area contributed by atoms with Crippen LogP contribution in [0, 0.1) is 0 Å². The van der Waals surface area contributed by atoms with Crippen LogP contribution in [-0.2, 0) is 7.05 Å². The Bertz CT molecular complexity index is 949. The molecule has 2 nitrogen and oxygen atoms in total. The highest BCUT2D eigenvalue weighted by molar-refractivity contribution is 8.03. The number of hydrogen-bond donors (Lipinski definition) is 0. The number of benzene rings is 2. The van der Waals surface area contributed by atoms with Crippen LogP contribution in [0.1, 0.15) is 5.56 Å². The van der Waals surface area contributed by atoms with E-state index < -0.39 is 0 Å². The Balaban J connectivity index is 1.86. The minimum Gasteiger partial charge on any atom is -0.338 e. The molecular formula is C19H16ClN2S+. The number of pyridine rings is 1. The van der Waals surface area contributed by atoms with Gasteiger partial charge in [0.1, 0.15) is 7.05 Å². The van der Waals surface area contributed by atoms with Crippen LogP contribution in [0.25, 0.3) is 17.0 Å². The van der Waals surface area contributed by atoms with Crippen molar-refractivity contribution in [3.63, 3.8) is 0 Å². The summed E-state index contributed by atoms with van der Waals surface area (Å²) in [6.07, 6.45) is 4.33. The van der Waals surface area contributed by atoms with Crippen LogP contribution >= 0.6 is 23.4 Å². The van der Waals surface area contributed by atoms with Crippen LogP contribution in [-0.4, -0.2) is 7.05 Å². The van der Waals surface area contributed by atoms with Gasteiger partial charge in [-0.25, -0.2) is 4.57 Å². The van der Waals surface area contributed by atoms with E-state index in [0.717, 1.165) is 5.02 Å². The lowest BCUT2D eigenvalue weighted by Gasteiger charge is -2.13. The highest BCUT2D eigenvalue weighted by Crippen LogP contribution is 2.45. The number of hydrogen-bond acceptors (Lipinski definition) is 2. The van der Waals surface area contributed by atoms with E-state index in [4.69, 9.17) is 11.6 Å². The summed E-state index contributed by atoms with van der Waals surface area (Å²) in [6, 6.07) is 16.7. The second kappa shape index (κ2) is 5.59. The number of para-hydroxylation sites is 1. The Morgan fingerprint density at radius 2 is 1.96 bits per heavy atom. The summed E-state index contributed by atoms with van der Waals surface area (Å²) < 4.78 is 2.12. The summed E-state index contributed by atoms with van der Waals surface area (Å²) in [5, 5.41) is 3.15. The number of anilines is 1. The minimum atomic E-state index is 0.763. The molecule has 0 saturated carbocycles. The molecule has 1 aliphatic rings. The van der Waals surface area contributed by atoms with E-state index in [2.05, 4.69) is 72.2 Å². The number of fused-ring (bicyclic) bond motifs is 2. The molecule has 0 fully saturated rings. The Hall–Kier alpha value is -1.97. The zero-order valence-corrected chi connectivity index (χ0v) is 14.5. The molecule has 0 unspecified atom stereocenters. The fraction of sp³-hybridized carbons (Fsp3) is 0.105. The van der Waals surface area contributed by atoms with Gasteiger partial charge in [0.15, 0.2) is 6.20 Å². The Morgan fingerprint density at radius 3 is 2.78 bits per heavy atom. The van der Waals surface area contributed by atoms with Crippen molar-refractivity contribution >= 4 is 46.0 Å². The zero-order chi connectivity index (χ0) is 16.0. The molecule has 0 radical (unpaired) electrons. The van der Waals surface area contributed by atoms with E-state index in [9.17, 15) is 0 Å². The van der Waals surface area contributed by atoms with Crippen LogP contribution < -0.4 is 9.47 Å². The Labute approximate surface area is 145 Å². The lowest BCUT2D eigenvalue weighted by molar-refractivity contribution is -0.644. The third kappa shape index (κ3) is 2.50. The third-order valence-electron chi connectivity index (χ3n) is 4.18. The Kier molecular flexibility index (Phi) is 3.55. The molecule has 0 bridgehead atoms. The summed E-state index contributed by atoms with van der Waals surface area (Å²) >= 11 is 8.02. The average molecular weight is 340 g/mol. The number of aromatic nitrogens is 1. The number of halogens is 1. The van der Waals surface area contributed by atoms with Crippen molar-refractivity contribution in [3.05, 3.63) is 70.3 Å². The van der Waals surface area contributed by atoms with Gasteiger partial charge in [-0.3, -0.25) is 0 Å². The van der Waals surface area contributed by atoms with E-state index in [1.54, 1.807) is 11.8 Å². The number of thioether (sulfide) groups is 1. The van der Waals surface area contributed by atoms with Crippen molar-refractivity contribution in [3.8, 4) is 0 Å². The van der Waals surface area contributed by atoms with Gasteiger partial charge in [-0.15, -0.1) is 0 Å². The molecule has 2 aromatic carbocycles. The van der Waals surface area contributed by atoms with E-state index >= 15 is 0 Å². The second-order valence-electron chi connectivity index (χ2n) is 5.65. The second-order valence-corrected chi connectivity index (χ2v) is 7.15. The minimum absolute atomic E-state index is 0.763. The molecule has 0 aliphatic carbocycles. The van der Waals surface area contributed by atoms with Crippen LogP contribution in [0.3, 0.4) is 0 Å². The van der Waals surface area contributed by atoms with Crippen molar-refractivity contribution in [1.82, 2.24) is 0 Å². The van der Waals surface area contributed by atoms with Gasteiger partial charge in [0.2, 0.25) is 5.52 Å². The van der Waals surface area contributed by atoms with Gasteiger partial charge in [-0.1, -0.05) is 35.5 Å². The normalized spacial score (nSPS) is 15.4. The molecule has 1 aliphatic heterocycles. The first-order valence-corrected chi connectivity index (χ1v) is 8.63. The van der Waals surface area contributed by atoms with E-state index in [1.165, 1.54) is 32.1 Å². The molecule has 1 aromatic heterocycles. The van der Waals surface area contributed by atoms with Gasteiger partial charge in [-0.05, 0) is 35.9 Å². The third-order valence-corrected chi connectivity index (χ3v) is 5.58. The topological polar surface area (TPSA) is 7.12 Å².